The Labute approximate surface area is 167 Å². The lowest BCUT2D eigenvalue weighted by molar-refractivity contribution is 0.537. The lowest BCUT2D eigenvalue weighted by Gasteiger charge is -2.10. The van der Waals surface area contributed by atoms with Gasteiger partial charge in [-0.25, -0.2) is 4.98 Å². The monoisotopic (exact) mass is 387 g/mol. The fourth-order valence-corrected chi connectivity index (χ4v) is 3.37. The Kier molecular flexibility index (Phi) is 4.76. The van der Waals surface area contributed by atoms with E-state index in [0.29, 0.717) is 23.0 Å². The molecule has 6 heteroatoms. The van der Waals surface area contributed by atoms with Crippen LogP contribution < -0.4 is 11.1 Å². The summed E-state index contributed by atoms with van der Waals surface area (Å²) in [6, 6.07) is 15.3. The average molecular weight is 387 g/mol. The van der Waals surface area contributed by atoms with E-state index in [1.807, 2.05) is 62.4 Å². The number of aryl methyl sites for hydroxylation is 3. The van der Waals surface area contributed by atoms with E-state index in [9.17, 15) is 9.59 Å². The van der Waals surface area contributed by atoms with Gasteiger partial charge in [0, 0.05) is 23.6 Å². The van der Waals surface area contributed by atoms with E-state index in [4.69, 9.17) is 4.42 Å². The van der Waals surface area contributed by atoms with E-state index in [1.54, 1.807) is 19.3 Å². The summed E-state index contributed by atoms with van der Waals surface area (Å²) < 4.78 is 8.49. The van der Waals surface area contributed by atoms with Crippen molar-refractivity contribution in [1.82, 2.24) is 14.1 Å². The molecule has 2 heterocycles. The highest BCUT2D eigenvalue weighted by Crippen LogP contribution is 2.21. The second-order valence-electron chi connectivity index (χ2n) is 7.14. The van der Waals surface area contributed by atoms with Gasteiger partial charge in [0.05, 0.1) is 6.54 Å². The summed E-state index contributed by atoms with van der Waals surface area (Å²) in [7, 11) is 0. The largest absolute Gasteiger partial charge is 0.441 e. The van der Waals surface area contributed by atoms with Crippen LogP contribution >= 0.6 is 0 Å². The van der Waals surface area contributed by atoms with Crippen LogP contribution in [0.2, 0.25) is 0 Å². The van der Waals surface area contributed by atoms with E-state index in [-0.39, 0.29) is 6.54 Å². The smallest absolute Gasteiger partial charge is 0.320 e. The van der Waals surface area contributed by atoms with Gasteiger partial charge in [0.2, 0.25) is 5.89 Å². The highest BCUT2D eigenvalue weighted by molar-refractivity contribution is 5.53. The van der Waals surface area contributed by atoms with Crippen molar-refractivity contribution in [1.29, 1.82) is 0 Å². The normalized spacial score (nSPS) is 11.0. The SMILES string of the molecule is Cc1cc(C)cc(-n2ccn(Cc3nc(-c4ccccc4)oc3C)c(=O)c2=O)c1. The molecule has 0 unspecified atom stereocenters. The molecule has 2 aromatic carbocycles. The van der Waals surface area contributed by atoms with Gasteiger partial charge in [0.1, 0.15) is 11.5 Å². The molecule has 29 heavy (non-hydrogen) atoms. The van der Waals surface area contributed by atoms with Crippen LogP contribution in [-0.4, -0.2) is 14.1 Å². The molecule has 0 saturated carbocycles. The molecular weight excluding hydrogens is 366 g/mol. The molecule has 2 aromatic heterocycles. The minimum Gasteiger partial charge on any atom is -0.441 e. The van der Waals surface area contributed by atoms with E-state index >= 15 is 0 Å². The van der Waals surface area contributed by atoms with Crippen molar-refractivity contribution in [2.24, 2.45) is 0 Å². The summed E-state index contributed by atoms with van der Waals surface area (Å²) in [5.41, 5.74) is 3.03. The molecule has 0 aliphatic heterocycles. The highest BCUT2D eigenvalue weighted by atomic mass is 16.4. The van der Waals surface area contributed by atoms with Crippen LogP contribution in [0.3, 0.4) is 0 Å². The van der Waals surface area contributed by atoms with Crippen molar-refractivity contribution in [2.45, 2.75) is 27.3 Å². The van der Waals surface area contributed by atoms with E-state index < -0.39 is 11.1 Å². The van der Waals surface area contributed by atoms with E-state index in [1.165, 1.54) is 9.13 Å². The van der Waals surface area contributed by atoms with Gasteiger partial charge in [-0.1, -0.05) is 24.3 Å². The second-order valence-corrected chi connectivity index (χ2v) is 7.14. The molecule has 0 radical (unpaired) electrons. The molecule has 4 aromatic rings. The van der Waals surface area contributed by atoms with E-state index in [0.717, 1.165) is 16.7 Å². The number of oxazole rings is 1. The number of aromatic nitrogens is 3. The van der Waals surface area contributed by atoms with Gasteiger partial charge >= 0.3 is 11.1 Å². The van der Waals surface area contributed by atoms with E-state index in [2.05, 4.69) is 4.98 Å². The molecule has 0 amide bonds. The predicted molar refractivity (Wildman–Crippen MR) is 112 cm³/mol. The Morgan fingerprint density at radius 1 is 0.897 bits per heavy atom. The van der Waals surface area contributed by atoms with Gasteiger partial charge in [-0.2, -0.15) is 0 Å². The molecule has 6 nitrogen and oxygen atoms in total. The Balaban J connectivity index is 1.69. The molecule has 0 aliphatic carbocycles. The fraction of sp³-hybridized carbons (Fsp3) is 0.174. The fourth-order valence-electron chi connectivity index (χ4n) is 3.37. The summed E-state index contributed by atoms with van der Waals surface area (Å²) in [6.07, 6.45) is 3.23. The molecule has 0 aliphatic rings. The standard InChI is InChI=1S/C23H21N3O3/c1-15-11-16(2)13-19(12-15)26-10-9-25(22(27)23(26)28)14-20-17(3)29-21(24-20)18-7-5-4-6-8-18/h4-13H,14H2,1-3H3. The zero-order valence-electron chi connectivity index (χ0n) is 16.5. The zero-order chi connectivity index (χ0) is 20.5. The molecule has 4 rings (SSSR count). The maximum absolute atomic E-state index is 12.7. The van der Waals surface area contributed by atoms with Crippen LogP contribution in [0.1, 0.15) is 22.6 Å². The second kappa shape index (κ2) is 7.39. The molecule has 0 saturated heterocycles. The third kappa shape index (κ3) is 3.69. The lowest BCUT2D eigenvalue weighted by Crippen LogP contribution is -2.40. The number of benzene rings is 2. The Morgan fingerprint density at radius 3 is 2.28 bits per heavy atom. The summed E-state index contributed by atoms with van der Waals surface area (Å²) in [6.45, 7) is 5.89. The van der Waals surface area contributed by atoms with Gasteiger partial charge in [0.25, 0.3) is 0 Å². The van der Waals surface area contributed by atoms with Crippen LogP contribution in [0.4, 0.5) is 0 Å². The van der Waals surface area contributed by atoms with Crippen LogP contribution in [0.25, 0.3) is 17.1 Å². The van der Waals surface area contributed by atoms with Crippen molar-refractivity contribution in [3.8, 4) is 17.1 Å². The maximum atomic E-state index is 12.7. The van der Waals surface area contributed by atoms with Crippen molar-refractivity contribution >= 4 is 0 Å². The molecule has 0 atom stereocenters. The summed E-state index contributed by atoms with van der Waals surface area (Å²) in [5, 5.41) is 0. The summed E-state index contributed by atoms with van der Waals surface area (Å²) in [4.78, 5) is 29.9. The first kappa shape index (κ1) is 18.7. The van der Waals surface area contributed by atoms with Crippen LogP contribution in [-0.2, 0) is 6.54 Å². The Hall–Kier alpha value is -3.67. The van der Waals surface area contributed by atoms with Gasteiger partial charge in [-0.15, -0.1) is 0 Å². The number of nitrogens with zero attached hydrogens (tertiary/aromatic N) is 3. The molecular formula is C23H21N3O3. The first-order chi connectivity index (χ1) is 13.9. The molecule has 0 spiro atoms. The van der Waals surface area contributed by atoms with Crippen molar-refractivity contribution < 1.29 is 4.42 Å². The third-order valence-electron chi connectivity index (χ3n) is 4.78. The molecule has 0 bridgehead atoms. The van der Waals surface area contributed by atoms with Gasteiger partial charge in [-0.05, 0) is 56.2 Å². The highest BCUT2D eigenvalue weighted by Gasteiger charge is 2.14. The Morgan fingerprint density at radius 2 is 1.59 bits per heavy atom. The molecule has 0 N–H and O–H groups in total. The van der Waals surface area contributed by atoms with Gasteiger partial charge in [-0.3, -0.25) is 14.2 Å². The summed E-state index contributed by atoms with van der Waals surface area (Å²) >= 11 is 0. The third-order valence-corrected chi connectivity index (χ3v) is 4.78. The minimum atomic E-state index is -0.602. The minimum absolute atomic E-state index is 0.171. The number of rotatable bonds is 4. The molecule has 146 valence electrons. The topological polar surface area (TPSA) is 70.0 Å². The lowest BCUT2D eigenvalue weighted by atomic mass is 10.1. The number of hydrogen-bond donors (Lipinski definition) is 0. The van der Waals surface area contributed by atoms with Gasteiger partial charge in [0.15, 0.2) is 0 Å². The molecule has 0 fully saturated rings. The zero-order valence-corrected chi connectivity index (χ0v) is 16.5. The Bertz CT molecular complexity index is 1280. The summed E-state index contributed by atoms with van der Waals surface area (Å²) in [5.74, 6) is 1.11. The van der Waals surface area contributed by atoms with Crippen LogP contribution in [0.5, 0.6) is 0 Å². The quantitative estimate of drug-likeness (QED) is 0.502. The van der Waals surface area contributed by atoms with Crippen molar-refractivity contribution in [3.05, 3.63) is 104 Å². The van der Waals surface area contributed by atoms with Crippen molar-refractivity contribution in [2.75, 3.05) is 0 Å². The van der Waals surface area contributed by atoms with Gasteiger partial charge < -0.3 is 8.98 Å². The van der Waals surface area contributed by atoms with Crippen molar-refractivity contribution in [3.63, 3.8) is 0 Å². The first-order valence-corrected chi connectivity index (χ1v) is 9.35. The average Bonchev–Trinajstić information content (AvgIpc) is 3.06. The number of hydrogen-bond acceptors (Lipinski definition) is 4. The van der Waals surface area contributed by atoms with Crippen LogP contribution in [0.15, 0.2) is 74.9 Å². The predicted octanol–water partition coefficient (Wildman–Crippen LogP) is 3.63. The maximum Gasteiger partial charge on any atom is 0.320 e. The first-order valence-electron chi connectivity index (χ1n) is 9.35. The van der Waals surface area contributed by atoms with Crippen LogP contribution in [0, 0.1) is 20.8 Å².